The molecule has 124 valence electrons. The number of cyclic esters (lactones) is 1. The molecular weight excluding hydrogens is 296 g/mol. The summed E-state index contributed by atoms with van der Waals surface area (Å²) >= 11 is 0. The molecule has 0 aliphatic carbocycles. The third-order valence-electron chi connectivity index (χ3n) is 2.81. The van der Waals surface area contributed by atoms with Crippen molar-refractivity contribution in [2.45, 2.75) is 51.7 Å². The molecule has 1 heterocycles. The van der Waals surface area contributed by atoms with Crippen LogP contribution in [0.3, 0.4) is 0 Å². The first kappa shape index (κ1) is 18.0. The number of hydrogen-bond acceptors (Lipinski definition) is 8. The van der Waals surface area contributed by atoms with E-state index in [1.165, 1.54) is 0 Å². The van der Waals surface area contributed by atoms with Gasteiger partial charge in [0.1, 0.15) is 12.7 Å². The molecule has 0 saturated heterocycles. The van der Waals surface area contributed by atoms with E-state index >= 15 is 0 Å². The van der Waals surface area contributed by atoms with E-state index in [2.05, 4.69) is 0 Å². The molecule has 1 rings (SSSR count). The Hall–Kier alpha value is -2.09. The number of esters is 3. The molecule has 0 bridgehead atoms. The van der Waals surface area contributed by atoms with E-state index in [4.69, 9.17) is 14.2 Å². The second-order valence-corrected chi connectivity index (χ2v) is 4.76. The van der Waals surface area contributed by atoms with E-state index in [1.807, 2.05) is 0 Å². The van der Waals surface area contributed by atoms with Crippen LogP contribution in [-0.2, 0) is 28.6 Å². The molecule has 2 atom stereocenters. The number of carbonyl (C=O) groups excluding carboxylic acids is 3. The summed E-state index contributed by atoms with van der Waals surface area (Å²) in [7, 11) is 0. The molecule has 22 heavy (non-hydrogen) atoms. The first-order chi connectivity index (χ1) is 10.4. The van der Waals surface area contributed by atoms with E-state index in [1.54, 1.807) is 13.8 Å². The zero-order chi connectivity index (χ0) is 16.7. The molecule has 0 aromatic carbocycles. The van der Waals surface area contributed by atoms with Crippen LogP contribution in [0.2, 0.25) is 0 Å². The molecular formula is C14H20O8. The van der Waals surface area contributed by atoms with Gasteiger partial charge in [-0.3, -0.25) is 9.59 Å². The molecule has 0 aromatic heterocycles. The highest BCUT2D eigenvalue weighted by Gasteiger charge is 2.41. The third kappa shape index (κ3) is 4.73. The minimum Gasteiger partial charge on any atom is -0.505 e. The molecule has 0 saturated carbocycles. The second-order valence-electron chi connectivity index (χ2n) is 4.76. The predicted molar refractivity (Wildman–Crippen MR) is 72.4 cm³/mol. The Morgan fingerprint density at radius 1 is 1.23 bits per heavy atom. The average Bonchev–Trinajstić information content (AvgIpc) is 2.73. The molecule has 8 heteroatoms. The van der Waals surface area contributed by atoms with Gasteiger partial charge in [-0.25, -0.2) is 4.79 Å². The van der Waals surface area contributed by atoms with Crippen LogP contribution in [0.15, 0.2) is 11.5 Å². The fourth-order valence-corrected chi connectivity index (χ4v) is 1.72. The van der Waals surface area contributed by atoms with Crippen molar-refractivity contribution in [2.24, 2.45) is 0 Å². The van der Waals surface area contributed by atoms with Crippen molar-refractivity contribution < 1.29 is 38.8 Å². The Labute approximate surface area is 127 Å². The lowest BCUT2D eigenvalue weighted by molar-refractivity contribution is -0.157. The fourth-order valence-electron chi connectivity index (χ4n) is 1.72. The number of rotatable bonds is 8. The van der Waals surface area contributed by atoms with Crippen LogP contribution in [-0.4, -0.2) is 46.9 Å². The molecule has 0 amide bonds. The summed E-state index contributed by atoms with van der Waals surface area (Å²) in [6.45, 7) is 3.10. The summed E-state index contributed by atoms with van der Waals surface area (Å²) < 4.78 is 14.2. The SMILES string of the molecule is CCCC(=O)OC[C@@H](O)[C@H]1OC(=O)C(OC(=O)CCC)=C1O. The van der Waals surface area contributed by atoms with Crippen LogP contribution in [0.1, 0.15) is 39.5 Å². The molecule has 8 nitrogen and oxygen atoms in total. The minimum atomic E-state index is -1.45. The van der Waals surface area contributed by atoms with Crippen molar-refractivity contribution in [2.75, 3.05) is 6.61 Å². The van der Waals surface area contributed by atoms with Crippen molar-refractivity contribution in [3.63, 3.8) is 0 Å². The number of carbonyl (C=O) groups is 3. The van der Waals surface area contributed by atoms with E-state index < -0.39 is 48.2 Å². The lowest BCUT2D eigenvalue weighted by Gasteiger charge is -2.16. The van der Waals surface area contributed by atoms with Crippen molar-refractivity contribution in [3.8, 4) is 0 Å². The maximum Gasteiger partial charge on any atom is 0.378 e. The van der Waals surface area contributed by atoms with Crippen LogP contribution >= 0.6 is 0 Å². The average molecular weight is 316 g/mol. The molecule has 0 fully saturated rings. The fraction of sp³-hybridized carbons (Fsp3) is 0.643. The van der Waals surface area contributed by atoms with Gasteiger partial charge in [-0.1, -0.05) is 13.8 Å². The van der Waals surface area contributed by atoms with Gasteiger partial charge >= 0.3 is 17.9 Å². The van der Waals surface area contributed by atoms with Crippen molar-refractivity contribution >= 4 is 17.9 Å². The molecule has 2 N–H and O–H groups in total. The van der Waals surface area contributed by atoms with Crippen molar-refractivity contribution in [1.29, 1.82) is 0 Å². The Kier molecular flexibility index (Phi) is 6.84. The number of hydrogen-bond donors (Lipinski definition) is 2. The van der Waals surface area contributed by atoms with Gasteiger partial charge in [0.2, 0.25) is 0 Å². The van der Waals surface area contributed by atoms with Crippen LogP contribution in [0.5, 0.6) is 0 Å². The highest BCUT2D eigenvalue weighted by Crippen LogP contribution is 2.25. The molecule has 1 aliphatic rings. The summed E-state index contributed by atoms with van der Waals surface area (Å²) in [4.78, 5) is 34.1. The van der Waals surface area contributed by atoms with Crippen LogP contribution in [0.4, 0.5) is 0 Å². The topological polar surface area (TPSA) is 119 Å². The van der Waals surface area contributed by atoms with Gasteiger partial charge in [0.15, 0.2) is 11.9 Å². The van der Waals surface area contributed by atoms with Gasteiger partial charge in [0.25, 0.3) is 5.76 Å². The second kappa shape index (κ2) is 8.38. The first-order valence-electron chi connectivity index (χ1n) is 7.09. The standard InChI is InChI=1S/C14H20O8/c1-3-5-9(16)20-7-8(15)12-11(18)13(14(19)22-12)21-10(17)6-4-2/h8,12,15,18H,3-7H2,1-2H3/t8-,12-/m1/s1. The monoisotopic (exact) mass is 316 g/mol. The predicted octanol–water partition coefficient (Wildman–Crippen LogP) is 0.729. The van der Waals surface area contributed by atoms with Crippen LogP contribution < -0.4 is 0 Å². The lowest BCUT2D eigenvalue weighted by Crippen LogP contribution is -2.33. The Balaban J connectivity index is 2.64. The largest absolute Gasteiger partial charge is 0.505 e. The molecule has 0 unspecified atom stereocenters. The van der Waals surface area contributed by atoms with E-state index in [-0.39, 0.29) is 12.8 Å². The number of aliphatic hydroxyl groups is 2. The Bertz CT molecular complexity index is 467. The highest BCUT2D eigenvalue weighted by molar-refractivity contribution is 5.92. The zero-order valence-electron chi connectivity index (χ0n) is 12.5. The van der Waals surface area contributed by atoms with Gasteiger partial charge in [-0.2, -0.15) is 0 Å². The molecule has 0 radical (unpaired) electrons. The van der Waals surface area contributed by atoms with Gasteiger partial charge in [-0.15, -0.1) is 0 Å². The smallest absolute Gasteiger partial charge is 0.378 e. The van der Waals surface area contributed by atoms with Gasteiger partial charge in [0, 0.05) is 12.8 Å². The van der Waals surface area contributed by atoms with Crippen LogP contribution in [0.25, 0.3) is 0 Å². The Morgan fingerprint density at radius 3 is 2.41 bits per heavy atom. The van der Waals surface area contributed by atoms with Crippen LogP contribution in [0, 0.1) is 0 Å². The third-order valence-corrected chi connectivity index (χ3v) is 2.81. The Morgan fingerprint density at radius 2 is 1.82 bits per heavy atom. The summed E-state index contributed by atoms with van der Waals surface area (Å²) in [5.41, 5.74) is 0. The minimum absolute atomic E-state index is 0.0753. The van der Waals surface area contributed by atoms with Crippen molar-refractivity contribution in [1.82, 2.24) is 0 Å². The van der Waals surface area contributed by atoms with Crippen molar-refractivity contribution in [3.05, 3.63) is 11.5 Å². The maximum atomic E-state index is 11.5. The summed E-state index contributed by atoms with van der Waals surface area (Å²) in [5, 5.41) is 19.7. The van der Waals surface area contributed by atoms with E-state index in [9.17, 15) is 24.6 Å². The molecule has 0 spiro atoms. The quantitative estimate of drug-likeness (QED) is 0.497. The normalized spacial score (nSPS) is 18.9. The lowest BCUT2D eigenvalue weighted by atomic mass is 10.2. The zero-order valence-corrected chi connectivity index (χ0v) is 12.5. The molecule has 0 aromatic rings. The number of ether oxygens (including phenoxy) is 3. The first-order valence-corrected chi connectivity index (χ1v) is 7.09. The maximum absolute atomic E-state index is 11.5. The summed E-state index contributed by atoms with van der Waals surface area (Å²) in [5.74, 6) is -3.57. The van der Waals surface area contributed by atoms with Gasteiger partial charge in [-0.05, 0) is 12.8 Å². The summed E-state index contributed by atoms with van der Waals surface area (Å²) in [6.07, 6.45) is -1.50. The van der Waals surface area contributed by atoms with Gasteiger partial charge < -0.3 is 24.4 Å². The summed E-state index contributed by atoms with van der Waals surface area (Å²) in [6, 6.07) is 0. The number of aliphatic hydroxyl groups excluding tert-OH is 2. The van der Waals surface area contributed by atoms with Gasteiger partial charge in [0.05, 0.1) is 0 Å². The van der Waals surface area contributed by atoms with E-state index in [0.29, 0.717) is 12.8 Å². The highest BCUT2D eigenvalue weighted by atomic mass is 16.6. The molecule has 1 aliphatic heterocycles. The van der Waals surface area contributed by atoms with E-state index in [0.717, 1.165) is 0 Å².